The number of halogens is 2. The van der Waals surface area contributed by atoms with Crippen molar-refractivity contribution >= 4 is 59.0 Å². The molecular formula is C19H28ClIN2OSi. The van der Waals surface area contributed by atoms with E-state index in [2.05, 4.69) is 85.5 Å². The van der Waals surface area contributed by atoms with E-state index in [1.165, 1.54) is 9.26 Å². The molecule has 0 aliphatic heterocycles. The largest absolute Gasteiger partial charge is 0.417 e. The summed E-state index contributed by atoms with van der Waals surface area (Å²) in [5.74, 6) is 0. The Balaban J connectivity index is 2.05. The number of pyridine rings is 1. The van der Waals surface area contributed by atoms with Crippen LogP contribution in [0.5, 0.6) is 0 Å². The Labute approximate surface area is 171 Å². The van der Waals surface area contributed by atoms with Crippen molar-refractivity contribution < 1.29 is 4.43 Å². The maximum atomic E-state index is 6.29. The average Bonchev–Trinajstić information content (AvgIpc) is 2.50. The maximum Gasteiger partial charge on any atom is 0.191 e. The van der Waals surface area contributed by atoms with Crippen LogP contribution < -0.4 is 4.90 Å². The number of hydrogen-bond donors (Lipinski definition) is 0. The van der Waals surface area contributed by atoms with E-state index in [0.717, 1.165) is 30.3 Å². The summed E-state index contributed by atoms with van der Waals surface area (Å²) in [6.07, 6.45) is 2.87. The summed E-state index contributed by atoms with van der Waals surface area (Å²) < 4.78 is 7.48. The summed E-state index contributed by atoms with van der Waals surface area (Å²) in [7, 11) is 0.467. The van der Waals surface area contributed by atoms with Gasteiger partial charge in [0, 0.05) is 46.4 Å². The summed E-state index contributed by atoms with van der Waals surface area (Å²) in [4.78, 5) is 6.50. The molecule has 0 fully saturated rings. The molecular weight excluding hydrogens is 463 g/mol. The number of fused-ring (bicyclic) bond motifs is 1. The summed E-state index contributed by atoms with van der Waals surface area (Å²) >= 11 is 8.46. The van der Waals surface area contributed by atoms with E-state index < -0.39 is 8.32 Å². The second kappa shape index (κ2) is 8.11. The van der Waals surface area contributed by atoms with Crippen molar-refractivity contribution in [3.63, 3.8) is 0 Å². The van der Waals surface area contributed by atoms with Crippen LogP contribution in [0.2, 0.25) is 23.3 Å². The minimum absolute atomic E-state index is 0.259. The maximum absolute atomic E-state index is 6.29. The van der Waals surface area contributed by atoms with E-state index in [9.17, 15) is 0 Å². The van der Waals surface area contributed by atoms with Crippen LogP contribution in [0.15, 0.2) is 24.4 Å². The van der Waals surface area contributed by atoms with Gasteiger partial charge >= 0.3 is 0 Å². The van der Waals surface area contributed by atoms with Crippen molar-refractivity contribution in [2.75, 3.05) is 25.1 Å². The van der Waals surface area contributed by atoms with Gasteiger partial charge < -0.3 is 9.33 Å². The molecule has 1 heterocycles. The third kappa shape index (κ3) is 5.08. The number of rotatable bonds is 6. The number of nitrogens with zero attached hydrogens (tertiary/aromatic N) is 2. The molecule has 2 rings (SSSR count). The van der Waals surface area contributed by atoms with Gasteiger partial charge in [0.05, 0.1) is 0 Å². The second-order valence-corrected chi connectivity index (χ2v) is 14.4. The molecule has 0 radical (unpaired) electrons. The van der Waals surface area contributed by atoms with Crippen LogP contribution in [0.4, 0.5) is 5.69 Å². The number of anilines is 1. The highest BCUT2D eigenvalue weighted by atomic mass is 127. The van der Waals surface area contributed by atoms with Crippen molar-refractivity contribution in [2.24, 2.45) is 0 Å². The predicted molar refractivity (Wildman–Crippen MR) is 121 cm³/mol. The van der Waals surface area contributed by atoms with Crippen LogP contribution in [-0.4, -0.2) is 33.5 Å². The van der Waals surface area contributed by atoms with Crippen molar-refractivity contribution in [2.45, 2.75) is 45.3 Å². The van der Waals surface area contributed by atoms with Crippen LogP contribution >= 0.6 is 34.2 Å². The van der Waals surface area contributed by atoms with Crippen LogP contribution in [0.3, 0.4) is 0 Å². The van der Waals surface area contributed by atoms with E-state index in [0.29, 0.717) is 5.15 Å². The number of benzene rings is 1. The first-order valence-electron chi connectivity index (χ1n) is 8.62. The predicted octanol–water partition coefficient (Wildman–Crippen LogP) is 6.34. The van der Waals surface area contributed by atoms with Crippen LogP contribution in [0, 0.1) is 3.57 Å². The Bertz CT molecular complexity index is 746. The Morgan fingerprint density at radius 3 is 2.56 bits per heavy atom. The zero-order valence-corrected chi connectivity index (χ0v) is 19.9. The van der Waals surface area contributed by atoms with Gasteiger partial charge in [-0.05, 0) is 65.3 Å². The lowest BCUT2D eigenvalue weighted by atomic mass is 10.1. The Kier molecular flexibility index (Phi) is 6.79. The molecule has 0 N–H and O–H groups in total. The van der Waals surface area contributed by atoms with Gasteiger partial charge in [-0.3, -0.25) is 0 Å². The molecule has 1 aromatic carbocycles. The minimum atomic E-state index is -1.66. The molecule has 0 unspecified atom stereocenters. The third-order valence-electron chi connectivity index (χ3n) is 5.11. The van der Waals surface area contributed by atoms with E-state index in [4.69, 9.17) is 16.0 Å². The number of aromatic nitrogens is 1. The third-order valence-corrected chi connectivity index (χ3v) is 10.8. The van der Waals surface area contributed by atoms with Crippen LogP contribution in [-0.2, 0) is 4.43 Å². The highest BCUT2D eigenvalue weighted by molar-refractivity contribution is 14.1. The number of hydrogen-bond acceptors (Lipinski definition) is 3. The lowest BCUT2D eigenvalue weighted by Gasteiger charge is -2.36. The SMILES string of the molecule is CN(CCCO[Si](C)(C)C(C)(C)C)c1ccc(I)c2cnc(Cl)cc12. The summed E-state index contributed by atoms with van der Waals surface area (Å²) in [6, 6.07) is 6.25. The van der Waals surface area contributed by atoms with Crippen LogP contribution in [0.25, 0.3) is 10.8 Å². The molecule has 0 amide bonds. The molecule has 0 atom stereocenters. The van der Waals surface area contributed by atoms with E-state index >= 15 is 0 Å². The monoisotopic (exact) mass is 490 g/mol. The van der Waals surface area contributed by atoms with E-state index in [1.807, 2.05) is 12.3 Å². The minimum Gasteiger partial charge on any atom is -0.417 e. The first-order chi connectivity index (χ1) is 11.5. The lowest BCUT2D eigenvalue weighted by Crippen LogP contribution is -2.41. The Hall–Kier alpha value is -0.373. The van der Waals surface area contributed by atoms with E-state index in [-0.39, 0.29) is 5.04 Å². The van der Waals surface area contributed by atoms with Gasteiger partial charge in [0.15, 0.2) is 8.32 Å². The molecule has 2 aromatic rings. The molecule has 0 spiro atoms. The molecule has 25 heavy (non-hydrogen) atoms. The van der Waals surface area contributed by atoms with Gasteiger partial charge in [-0.25, -0.2) is 4.98 Å². The van der Waals surface area contributed by atoms with Crippen molar-refractivity contribution in [1.29, 1.82) is 0 Å². The van der Waals surface area contributed by atoms with E-state index in [1.54, 1.807) is 0 Å². The molecule has 0 saturated carbocycles. The summed E-state index contributed by atoms with van der Waals surface area (Å²) in [5.41, 5.74) is 1.19. The van der Waals surface area contributed by atoms with Crippen molar-refractivity contribution in [3.05, 3.63) is 33.1 Å². The Morgan fingerprint density at radius 2 is 1.92 bits per heavy atom. The molecule has 138 valence electrons. The zero-order chi connectivity index (χ0) is 18.8. The van der Waals surface area contributed by atoms with Crippen LogP contribution in [0.1, 0.15) is 27.2 Å². The molecule has 0 bridgehead atoms. The molecule has 0 aliphatic carbocycles. The summed E-state index contributed by atoms with van der Waals surface area (Å²) in [6.45, 7) is 13.2. The highest BCUT2D eigenvalue weighted by Crippen LogP contribution is 2.36. The lowest BCUT2D eigenvalue weighted by molar-refractivity contribution is 0.284. The van der Waals surface area contributed by atoms with Crippen molar-refractivity contribution in [3.8, 4) is 0 Å². The van der Waals surface area contributed by atoms with Gasteiger partial charge in [0.2, 0.25) is 0 Å². The standard InChI is InChI=1S/C19H28ClIN2OSi/c1-19(2,3)25(5,6)24-11-7-10-23(4)17-9-8-16(21)15-13-22-18(20)12-14(15)17/h8-9,12-13H,7,10-11H2,1-6H3. The topological polar surface area (TPSA) is 25.4 Å². The highest BCUT2D eigenvalue weighted by Gasteiger charge is 2.36. The van der Waals surface area contributed by atoms with Crippen molar-refractivity contribution in [1.82, 2.24) is 4.98 Å². The zero-order valence-electron chi connectivity index (χ0n) is 16.0. The fourth-order valence-corrected chi connectivity index (χ4v) is 4.32. The summed E-state index contributed by atoms with van der Waals surface area (Å²) in [5, 5.41) is 3.09. The first kappa shape index (κ1) is 20.9. The van der Waals surface area contributed by atoms with Gasteiger partial charge in [-0.15, -0.1) is 0 Å². The quantitative estimate of drug-likeness (QED) is 0.204. The normalized spacial score (nSPS) is 12.6. The molecule has 3 nitrogen and oxygen atoms in total. The van der Waals surface area contributed by atoms with Gasteiger partial charge in [-0.2, -0.15) is 0 Å². The molecule has 1 aromatic heterocycles. The van der Waals surface area contributed by atoms with Gasteiger partial charge in [-0.1, -0.05) is 32.4 Å². The fourth-order valence-electron chi connectivity index (χ4n) is 2.46. The van der Waals surface area contributed by atoms with Gasteiger partial charge in [0.25, 0.3) is 0 Å². The molecule has 0 aliphatic rings. The average molecular weight is 491 g/mol. The Morgan fingerprint density at radius 1 is 1.24 bits per heavy atom. The second-order valence-electron chi connectivity index (χ2n) is 8.00. The molecule has 0 saturated heterocycles. The smallest absolute Gasteiger partial charge is 0.191 e. The first-order valence-corrected chi connectivity index (χ1v) is 13.0. The fraction of sp³-hybridized carbons (Fsp3) is 0.526. The molecule has 6 heteroatoms. The van der Waals surface area contributed by atoms with Gasteiger partial charge in [0.1, 0.15) is 5.15 Å².